The van der Waals surface area contributed by atoms with Gasteiger partial charge in [0.15, 0.2) is 0 Å². The van der Waals surface area contributed by atoms with Crippen molar-refractivity contribution in [1.29, 1.82) is 0 Å². The summed E-state index contributed by atoms with van der Waals surface area (Å²) < 4.78 is 13.0. The normalized spacial score (nSPS) is 29.4. The highest BCUT2D eigenvalue weighted by molar-refractivity contribution is 5.20. The lowest BCUT2D eigenvalue weighted by Crippen LogP contribution is -2.31. The van der Waals surface area contributed by atoms with Crippen molar-refractivity contribution >= 4 is 0 Å². The first-order chi connectivity index (χ1) is 6.27. The van der Waals surface area contributed by atoms with Gasteiger partial charge in [0.05, 0.1) is 6.04 Å². The highest BCUT2D eigenvalue weighted by Gasteiger charge is 2.30. The maximum Gasteiger partial charge on any atom is 0.116 e. The minimum Gasteiger partial charge on any atom is -0.268 e. The molecule has 2 unspecified atom stereocenters. The number of benzene rings is 1. The molecule has 0 saturated carbocycles. The van der Waals surface area contributed by atoms with E-state index in [1.165, 1.54) is 0 Å². The van der Waals surface area contributed by atoms with Crippen molar-refractivity contribution in [3.05, 3.63) is 35.9 Å². The Morgan fingerprint density at radius 1 is 1.31 bits per heavy atom. The highest BCUT2D eigenvalue weighted by atomic mass is 19.1. The molecule has 0 bridgehead atoms. The lowest BCUT2D eigenvalue weighted by molar-refractivity contribution is 0.253. The average Bonchev–Trinajstić information content (AvgIpc) is 2.47. The molecule has 1 aromatic rings. The second kappa shape index (κ2) is 3.44. The van der Waals surface area contributed by atoms with Crippen molar-refractivity contribution in [2.45, 2.75) is 18.6 Å². The van der Waals surface area contributed by atoms with E-state index in [0.29, 0.717) is 13.0 Å². The van der Waals surface area contributed by atoms with Gasteiger partial charge in [-0.25, -0.2) is 9.40 Å². The summed E-state index contributed by atoms with van der Waals surface area (Å²) in [4.78, 5) is 0. The molecule has 1 saturated heterocycles. The summed E-state index contributed by atoms with van der Waals surface area (Å²) in [5, 5.41) is 1.58. The number of nitrogens with zero attached hydrogens (tertiary/aromatic N) is 1. The second-order valence-corrected chi connectivity index (χ2v) is 3.46. The van der Waals surface area contributed by atoms with Crippen molar-refractivity contribution in [3.8, 4) is 0 Å². The third kappa shape index (κ3) is 1.71. The summed E-state index contributed by atoms with van der Waals surface area (Å²) in [5.74, 6) is 5.69. The molecule has 2 N–H and O–H groups in total. The van der Waals surface area contributed by atoms with E-state index in [-0.39, 0.29) is 6.04 Å². The summed E-state index contributed by atoms with van der Waals surface area (Å²) >= 11 is 0. The number of hydrogen-bond donors (Lipinski definition) is 1. The number of halogens is 1. The summed E-state index contributed by atoms with van der Waals surface area (Å²) in [5.41, 5.74) is 1.10. The van der Waals surface area contributed by atoms with Gasteiger partial charge in [-0.1, -0.05) is 30.3 Å². The SMILES string of the molecule is NN1CC(F)CC1c1ccccc1. The van der Waals surface area contributed by atoms with Gasteiger partial charge in [0.25, 0.3) is 0 Å². The van der Waals surface area contributed by atoms with Crippen molar-refractivity contribution in [1.82, 2.24) is 5.01 Å². The smallest absolute Gasteiger partial charge is 0.116 e. The molecule has 0 spiro atoms. The van der Waals surface area contributed by atoms with Crippen LogP contribution in [0, 0.1) is 0 Å². The van der Waals surface area contributed by atoms with Gasteiger partial charge >= 0.3 is 0 Å². The van der Waals surface area contributed by atoms with Gasteiger partial charge in [-0.3, -0.25) is 5.84 Å². The van der Waals surface area contributed by atoms with Crippen LogP contribution in [-0.4, -0.2) is 17.7 Å². The first kappa shape index (κ1) is 8.66. The van der Waals surface area contributed by atoms with Gasteiger partial charge in [-0.05, 0) is 5.56 Å². The second-order valence-electron chi connectivity index (χ2n) is 3.46. The standard InChI is InChI=1S/C10H13FN2/c11-9-6-10(13(12)7-9)8-4-2-1-3-5-8/h1-5,9-10H,6-7,12H2. The Morgan fingerprint density at radius 2 is 2.00 bits per heavy atom. The number of nitrogens with two attached hydrogens (primary N) is 1. The Kier molecular flexibility index (Phi) is 2.29. The van der Waals surface area contributed by atoms with E-state index in [1.807, 2.05) is 30.3 Å². The Balaban J connectivity index is 2.18. The predicted molar refractivity (Wildman–Crippen MR) is 49.6 cm³/mol. The fraction of sp³-hybridized carbons (Fsp3) is 0.400. The third-order valence-corrected chi connectivity index (χ3v) is 2.47. The summed E-state index contributed by atoms with van der Waals surface area (Å²) in [6, 6.07) is 9.89. The van der Waals surface area contributed by atoms with Crippen molar-refractivity contribution < 1.29 is 4.39 Å². The molecule has 70 valence electrons. The molecule has 0 radical (unpaired) electrons. The van der Waals surface area contributed by atoms with Crippen LogP contribution in [0.1, 0.15) is 18.0 Å². The minimum atomic E-state index is -0.782. The lowest BCUT2D eigenvalue weighted by Gasteiger charge is -2.18. The molecule has 1 heterocycles. The third-order valence-electron chi connectivity index (χ3n) is 2.47. The van der Waals surface area contributed by atoms with E-state index < -0.39 is 6.17 Å². The molecule has 2 atom stereocenters. The maximum atomic E-state index is 13.0. The topological polar surface area (TPSA) is 29.3 Å². The first-order valence-electron chi connectivity index (χ1n) is 4.47. The van der Waals surface area contributed by atoms with Crippen LogP contribution >= 0.6 is 0 Å². The van der Waals surface area contributed by atoms with E-state index >= 15 is 0 Å². The van der Waals surface area contributed by atoms with E-state index in [4.69, 9.17) is 5.84 Å². The molecular formula is C10H13FN2. The Hall–Kier alpha value is -0.930. The van der Waals surface area contributed by atoms with Crippen molar-refractivity contribution in [3.63, 3.8) is 0 Å². The molecule has 13 heavy (non-hydrogen) atoms. The van der Waals surface area contributed by atoms with Gasteiger partial charge in [0, 0.05) is 13.0 Å². The van der Waals surface area contributed by atoms with Gasteiger partial charge in [-0.2, -0.15) is 0 Å². The fourth-order valence-electron chi connectivity index (χ4n) is 1.81. The van der Waals surface area contributed by atoms with Crippen molar-refractivity contribution in [2.24, 2.45) is 5.84 Å². The zero-order valence-corrected chi connectivity index (χ0v) is 7.36. The fourth-order valence-corrected chi connectivity index (χ4v) is 1.81. The summed E-state index contributed by atoms with van der Waals surface area (Å²) in [7, 11) is 0. The van der Waals surface area contributed by atoms with E-state index in [1.54, 1.807) is 5.01 Å². The molecule has 1 fully saturated rings. The van der Waals surface area contributed by atoms with Crippen LogP contribution in [0.25, 0.3) is 0 Å². The minimum absolute atomic E-state index is 0.0520. The van der Waals surface area contributed by atoms with E-state index in [2.05, 4.69) is 0 Å². The van der Waals surface area contributed by atoms with Gasteiger partial charge in [-0.15, -0.1) is 0 Å². The van der Waals surface area contributed by atoms with E-state index in [0.717, 1.165) is 5.56 Å². The van der Waals surface area contributed by atoms with Crippen LogP contribution in [-0.2, 0) is 0 Å². The molecule has 1 aromatic carbocycles. The molecule has 2 rings (SSSR count). The molecule has 0 amide bonds. The highest BCUT2D eigenvalue weighted by Crippen LogP contribution is 2.30. The number of rotatable bonds is 1. The van der Waals surface area contributed by atoms with Crippen LogP contribution in [0.5, 0.6) is 0 Å². The van der Waals surface area contributed by atoms with Crippen LogP contribution in [0.3, 0.4) is 0 Å². The van der Waals surface area contributed by atoms with Crippen molar-refractivity contribution in [2.75, 3.05) is 6.54 Å². The van der Waals surface area contributed by atoms with Crippen LogP contribution in [0.2, 0.25) is 0 Å². The summed E-state index contributed by atoms with van der Waals surface area (Å²) in [6.07, 6.45) is -0.268. The number of hydrazine groups is 1. The molecule has 1 aliphatic rings. The number of hydrogen-bond acceptors (Lipinski definition) is 2. The van der Waals surface area contributed by atoms with Crippen LogP contribution in [0.4, 0.5) is 4.39 Å². The first-order valence-corrected chi connectivity index (χ1v) is 4.47. The van der Waals surface area contributed by atoms with Crippen LogP contribution in [0.15, 0.2) is 30.3 Å². The average molecular weight is 180 g/mol. The van der Waals surface area contributed by atoms with Crippen LogP contribution < -0.4 is 5.84 Å². The Labute approximate surface area is 77.1 Å². The molecule has 0 aromatic heterocycles. The zero-order chi connectivity index (χ0) is 9.26. The molecule has 3 heteroatoms. The summed E-state index contributed by atoms with van der Waals surface area (Å²) in [6.45, 7) is 0.347. The lowest BCUT2D eigenvalue weighted by atomic mass is 10.1. The zero-order valence-electron chi connectivity index (χ0n) is 7.36. The maximum absolute atomic E-state index is 13.0. The Morgan fingerprint density at radius 3 is 2.54 bits per heavy atom. The quantitative estimate of drug-likeness (QED) is 0.666. The monoisotopic (exact) mass is 180 g/mol. The molecular weight excluding hydrogens is 167 g/mol. The molecule has 0 aliphatic carbocycles. The largest absolute Gasteiger partial charge is 0.268 e. The predicted octanol–water partition coefficient (Wildman–Crippen LogP) is 1.65. The molecule has 2 nitrogen and oxygen atoms in total. The van der Waals surface area contributed by atoms with E-state index in [9.17, 15) is 4.39 Å². The number of alkyl halides is 1. The van der Waals surface area contributed by atoms with Gasteiger partial charge in [0.2, 0.25) is 0 Å². The van der Waals surface area contributed by atoms with Gasteiger partial charge < -0.3 is 0 Å². The van der Waals surface area contributed by atoms with Gasteiger partial charge in [0.1, 0.15) is 6.17 Å². The Bertz CT molecular complexity index is 276. The molecule has 1 aliphatic heterocycles.